The lowest BCUT2D eigenvalue weighted by Crippen LogP contribution is -2.27. The van der Waals surface area contributed by atoms with Gasteiger partial charge in [-0.2, -0.15) is 5.10 Å². The van der Waals surface area contributed by atoms with Crippen LogP contribution in [0.25, 0.3) is 15.8 Å². The predicted molar refractivity (Wildman–Crippen MR) is 121 cm³/mol. The Bertz CT molecular complexity index is 1250. The van der Waals surface area contributed by atoms with Gasteiger partial charge < -0.3 is 9.64 Å². The summed E-state index contributed by atoms with van der Waals surface area (Å²) in [5.41, 5.74) is 4.44. The molecule has 0 saturated carbocycles. The normalized spacial score (nSPS) is 11.3. The molecule has 2 heterocycles. The first kappa shape index (κ1) is 21.2. The van der Waals surface area contributed by atoms with Crippen LogP contribution < -0.4 is 0 Å². The highest BCUT2D eigenvalue weighted by atomic mass is 32.1. The molecule has 0 N–H and O–H groups in total. The number of halogens is 1. The van der Waals surface area contributed by atoms with Crippen LogP contribution >= 0.6 is 11.3 Å². The van der Waals surface area contributed by atoms with Crippen molar-refractivity contribution < 1.29 is 13.9 Å². The number of hydrogen-bond donors (Lipinski definition) is 0. The molecule has 0 atom stereocenters. The second-order valence-electron chi connectivity index (χ2n) is 7.51. The monoisotopic (exact) mass is 437 g/mol. The summed E-state index contributed by atoms with van der Waals surface area (Å²) in [5, 5.41) is 5.14. The molecule has 0 fully saturated rings. The Morgan fingerprint density at radius 3 is 2.58 bits per heavy atom. The first-order valence-corrected chi connectivity index (χ1v) is 10.8. The third-order valence-electron chi connectivity index (χ3n) is 5.43. The van der Waals surface area contributed by atoms with Gasteiger partial charge in [-0.05, 0) is 38.1 Å². The SMILES string of the molecule is COCc1c(C(=O)N(C)Cc2c(C)nn(-c3ccccc3)c2C)sc2cccc(F)c12. The molecule has 2 aromatic heterocycles. The molecular weight excluding hydrogens is 413 g/mol. The second-order valence-corrected chi connectivity index (χ2v) is 8.57. The van der Waals surface area contributed by atoms with E-state index in [1.807, 2.05) is 54.9 Å². The highest BCUT2D eigenvalue weighted by molar-refractivity contribution is 7.21. The molecule has 0 aliphatic rings. The topological polar surface area (TPSA) is 47.4 Å². The highest BCUT2D eigenvalue weighted by Gasteiger charge is 2.24. The van der Waals surface area contributed by atoms with Gasteiger partial charge in [-0.1, -0.05) is 24.3 Å². The summed E-state index contributed by atoms with van der Waals surface area (Å²) < 4.78 is 22.4. The fourth-order valence-electron chi connectivity index (χ4n) is 3.83. The van der Waals surface area contributed by atoms with Crippen molar-refractivity contribution >= 4 is 27.3 Å². The number of hydrogen-bond acceptors (Lipinski definition) is 4. The van der Waals surface area contributed by atoms with E-state index in [1.165, 1.54) is 17.4 Å². The minimum atomic E-state index is -0.335. The smallest absolute Gasteiger partial charge is 0.264 e. The zero-order valence-electron chi connectivity index (χ0n) is 18.0. The number of amides is 1. The van der Waals surface area contributed by atoms with Crippen LogP contribution in [0.1, 0.15) is 32.2 Å². The quantitative estimate of drug-likeness (QED) is 0.413. The number of ether oxygens (including phenoxy) is 1. The molecule has 0 spiro atoms. The van der Waals surface area contributed by atoms with Gasteiger partial charge in [-0.15, -0.1) is 11.3 Å². The Hall–Kier alpha value is -3.03. The Morgan fingerprint density at radius 2 is 1.87 bits per heavy atom. The van der Waals surface area contributed by atoms with Crippen LogP contribution in [0, 0.1) is 19.7 Å². The number of aromatic nitrogens is 2. The number of para-hydroxylation sites is 1. The van der Waals surface area contributed by atoms with Crippen molar-refractivity contribution in [1.82, 2.24) is 14.7 Å². The molecule has 0 bridgehead atoms. The minimum absolute atomic E-state index is 0.154. The van der Waals surface area contributed by atoms with Crippen LogP contribution in [0.5, 0.6) is 0 Å². The van der Waals surface area contributed by atoms with E-state index in [4.69, 9.17) is 4.74 Å². The molecule has 1 amide bonds. The van der Waals surface area contributed by atoms with E-state index in [9.17, 15) is 9.18 Å². The first-order valence-electron chi connectivity index (χ1n) is 9.97. The number of nitrogens with zero attached hydrogens (tertiary/aromatic N) is 3. The molecule has 5 nitrogen and oxygen atoms in total. The third kappa shape index (κ3) is 3.86. The molecular formula is C24H24FN3O2S. The predicted octanol–water partition coefficient (Wildman–Crippen LogP) is 5.26. The fraction of sp³-hybridized carbons (Fsp3) is 0.250. The number of carbonyl (C=O) groups excluding carboxylic acids is 1. The maximum atomic E-state index is 14.5. The molecule has 2 aromatic carbocycles. The number of methoxy groups -OCH3 is 1. The Labute approximate surface area is 184 Å². The lowest BCUT2D eigenvalue weighted by atomic mass is 10.1. The summed E-state index contributed by atoms with van der Waals surface area (Å²) in [6.07, 6.45) is 0. The minimum Gasteiger partial charge on any atom is -0.380 e. The molecule has 4 aromatic rings. The van der Waals surface area contributed by atoms with Crippen molar-refractivity contribution in [2.45, 2.75) is 27.0 Å². The van der Waals surface area contributed by atoms with E-state index >= 15 is 0 Å². The summed E-state index contributed by atoms with van der Waals surface area (Å²) in [4.78, 5) is 15.5. The average Bonchev–Trinajstić information content (AvgIpc) is 3.27. The van der Waals surface area contributed by atoms with Crippen LogP contribution in [-0.4, -0.2) is 34.7 Å². The summed E-state index contributed by atoms with van der Waals surface area (Å²) >= 11 is 1.30. The van der Waals surface area contributed by atoms with Crippen LogP contribution in [0.15, 0.2) is 48.5 Å². The van der Waals surface area contributed by atoms with Gasteiger partial charge in [-0.3, -0.25) is 4.79 Å². The van der Waals surface area contributed by atoms with Gasteiger partial charge in [0.15, 0.2) is 0 Å². The van der Waals surface area contributed by atoms with Gasteiger partial charge in [0.05, 0.1) is 22.9 Å². The number of rotatable bonds is 6. The van der Waals surface area contributed by atoms with Gasteiger partial charge >= 0.3 is 0 Å². The largest absolute Gasteiger partial charge is 0.380 e. The van der Waals surface area contributed by atoms with Gasteiger partial charge in [0.2, 0.25) is 0 Å². The standard InChI is InChI=1S/C24H24FN3O2S/c1-15-18(16(2)28(26-15)17-9-6-5-7-10-17)13-27(3)24(29)23-19(14-30-4)22-20(25)11-8-12-21(22)31-23/h5-12H,13-14H2,1-4H3. The Kier molecular flexibility index (Phi) is 5.89. The third-order valence-corrected chi connectivity index (χ3v) is 6.62. The maximum Gasteiger partial charge on any atom is 0.264 e. The molecule has 160 valence electrons. The fourth-order valence-corrected chi connectivity index (χ4v) is 5.05. The summed E-state index contributed by atoms with van der Waals surface area (Å²) in [6.45, 7) is 4.55. The highest BCUT2D eigenvalue weighted by Crippen LogP contribution is 2.34. The molecule has 0 radical (unpaired) electrons. The molecule has 0 aliphatic heterocycles. The van der Waals surface area contributed by atoms with Gasteiger partial charge in [0.1, 0.15) is 5.82 Å². The van der Waals surface area contributed by atoms with Crippen molar-refractivity contribution in [1.29, 1.82) is 0 Å². The van der Waals surface area contributed by atoms with E-state index in [0.717, 1.165) is 27.3 Å². The second kappa shape index (κ2) is 8.61. The summed E-state index contributed by atoms with van der Waals surface area (Å²) in [7, 11) is 3.31. The van der Waals surface area contributed by atoms with E-state index < -0.39 is 0 Å². The summed E-state index contributed by atoms with van der Waals surface area (Å²) in [5.74, 6) is -0.489. The number of fused-ring (bicyclic) bond motifs is 1. The van der Waals surface area contributed by atoms with Crippen molar-refractivity contribution in [3.05, 3.63) is 81.7 Å². The van der Waals surface area contributed by atoms with Crippen LogP contribution in [-0.2, 0) is 17.9 Å². The Morgan fingerprint density at radius 1 is 1.13 bits per heavy atom. The molecule has 0 saturated heterocycles. The maximum absolute atomic E-state index is 14.5. The van der Waals surface area contributed by atoms with E-state index in [0.29, 0.717) is 22.4 Å². The van der Waals surface area contributed by atoms with Crippen molar-refractivity contribution in [3.63, 3.8) is 0 Å². The molecule has 0 unspecified atom stereocenters. The van der Waals surface area contributed by atoms with Crippen LogP contribution in [0.2, 0.25) is 0 Å². The summed E-state index contributed by atoms with van der Waals surface area (Å²) in [6, 6.07) is 14.8. The number of thiophene rings is 1. The van der Waals surface area contributed by atoms with Crippen LogP contribution in [0.3, 0.4) is 0 Å². The lowest BCUT2D eigenvalue weighted by molar-refractivity contribution is 0.0785. The van der Waals surface area contributed by atoms with Crippen molar-refractivity contribution in [2.24, 2.45) is 0 Å². The first-order chi connectivity index (χ1) is 14.9. The van der Waals surface area contributed by atoms with E-state index in [2.05, 4.69) is 5.10 Å². The Balaban J connectivity index is 1.67. The van der Waals surface area contributed by atoms with Crippen molar-refractivity contribution in [2.75, 3.05) is 14.2 Å². The molecule has 0 aliphatic carbocycles. The zero-order valence-corrected chi connectivity index (χ0v) is 18.8. The van der Waals surface area contributed by atoms with Gasteiger partial charge in [-0.25, -0.2) is 9.07 Å². The van der Waals surface area contributed by atoms with E-state index in [1.54, 1.807) is 25.1 Å². The van der Waals surface area contributed by atoms with Gasteiger partial charge in [0, 0.05) is 47.6 Å². The van der Waals surface area contributed by atoms with Crippen molar-refractivity contribution in [3.8, 4) is 5.69 Å². The number of aryl methyl sites for hydroxylation is 1. The average molecular weight is 438 g/mol. The van der Waals surface area contributed by atoms with Crippen LogP contribution in [0.4, 0.5) is 4.39 Å². The van der Waals surface area contributed by atoms with Gasteiger partial charge in [0.25, 0.3) is 5.91 Å². The van der Waals surface area contributed by atoms with E-state index in [-0.39, 0.29) is 18.3 Å². The number of carbonyl (C=O) groups is 1. The molecule has 7 heteroatoms. The zero-order chi connectivity index (χ0) is 22.1. The molecule has 31 heavy (non-hydrogen) atoms. The number of benzene rings is 2. The molecule has 4 rings (SSSR count). The lowest BCUT2D eigenvalue weighted by Gasteiger charge is -2.18.